The first-order valence-electron chi connectivity index (χ1n) is 9.08. The number of benzene rings is 1. The van der Waals surface area contributed by atoms with E-state index in [1.807, 2.05) is 31.3 Å². The number of carbonyl (C=O) groups excluding carboxylic acids is 2. The zero-order valence-electron chi connectivity index (χ0n) is 15.4. The lowest BCUT2D eigenvalue weighted by Gasteiger charge is -2.38. The minimum atomic E-state index is -0.435. The molecule has 7 nitrogen and oxygen atoms in total. The smallest absolute Gasteiger partial charge is 0.254 e. The number of piperazine rings is 1. The Morgan fingerprint density at radius 1 is 1.22 bits per heavy atom. The molecule has 1 atom stereocenters. The normalized spacial score (nSPS) is 17.6. The Labute approximate surface area is 157 Å². The molecule has 3 aromatic rings. The van der Waals surface area contributed by atoms with Gasteiger partial charge in [0, 0.05) is 43.2 Å². The van der Waals surface area contributed by atoms with Crippen molar-refractivity contribution in [1.29, 1.82) is 0 Å². The van der Waals surface area contributed by atoms with Gasteiger partial charge < -0.3 is 9.80 Å². The van der Waals surface area contributed by atoms with Gasteiger partial charge in [-0.25, -0.2) is 9.50 Å². The molecule has 0 N–H and O–H groups in total. The molecule has 0 bridgehead atoms. The first kappa shape index (κ1) is 17.2. The van der Waals surface area contributed by atoms with Crippen LogP contribution in [0.3, 0.4) is 0 Å². The zero-order valence-corrected chi connectivity index (χ0v) is 15.4. The number of likely N-dealkylation sites (N-methyl/N-ethyl adjacent to an activating group) is 1. The van der Waals surface area contributed by atoms with E-state index in [9.17, 15) is 9.59 Å². The topological polar surface area (TPSA) is 70.8 Å². The van der Waals surface area contributed by atoms with Gasteiger partial charge in [-0.05, 0) is 37.6 Å². The van der Waals surface area contributed by atoms with Gasteiger partial charge >= 0.3 is 0 Å². The molecule has 138 valence electrons. The van der Waals surface area contributed by atoms with E-state index in [-0.39, 0.29) is 11.8 Å². The highest BCUT2D eigenvalue weighted by Crippen LogP contribution is 2.24. The van der Waals surface area contributed by atoms with Crippen molar-refractivity contribution in [1.82, 2.24) is 24.4 Å². The molecule has 0 saturated carbocycles. The van der Waals surface area contributed by atoms with Gasteiger partial charge in [0.2, 0.25) is 5.91 Å². The molecule has 0 radical (unpaired) electrons. The lowest BCUT2D eigenvalue weighted by atomic mass is 10.0. The number of fused-ring (bicyclic) bond motifs is 1. The summed E-state index contributed by atoms with van der Waals surface area (Å²) in [5.74, 6) is -0.109. The van der Waals surface area contributed by atoms with Gasteiger partial charge in [0.25, 0.3) is 5.91 Å². The maximum Gasteiger partial charge on any atom is 0.254 e. The van der Waals surface area contributed by atoms with Crippen LogP contribution in [0.1, 0.15) is 24.2 Å². The summed E-state index contributed by atoms with van der Waals surface area (Å²) in [4.78, 5) is 33.0. The zero-order chi connectivity index (χ0) is 19.0. The number of rotatable bonds is 3. The van der Waals surface area contributed by atoms with E-state index >= 15 is 0 Å². The third kappa shape index (κ3) is 2.95. The van der Waals surface area contributed by atoms with Gasteiger partial charge in [0.1, 0.15) is 6.04 Å². The fraction of sp³-hybridized carbons (Fsp3) is 0.300. The van der Waals surface area contributed by atoms with Crippen LogP contribution in [0, 0.1) is 0 Å². The van der Waals surface area contributed by atoms with E-state index in [0.29, 0.717) is 25.2 Å². The van der Waals surface area contributed by atoms with E-state index in [1.165, 1.54) is 0 Å². The van der Waals surface area contributed by atoms with E-state index < -0.39 is 6.04 Å². The second-order valence-corrected chi connectivity index (χ2v) is 6.62. The summed E-state index contributed by atoms with van der Waals surface area (Å²) in [5.41, 5.74) is 3.20. The predicted molar refractivity (Wildman–Crippen MR) is 101 cm³/mol. The molecule has 1 aliphatic rings. The fourth-order valence-electron chi connectivity index (χ4n) is 3.51. The average molecular weight is 363 g/mol. The largest absolute Gasteiger partial charge is 0.339 e. The fourth-order valence-corrected chi connectivity index (χ4v) is 3.51. The summed E-state index contributed by atoms with van der Waals surface area (Å²) in [6, 6.07) is 8.78. The highest BCUT2D eigenvalue weighted by atomic mass is 16.2. The molecule has 1 saturated heterocycles. The maximum absolute atomic E-state index is 12.9. The Balaban J connectivity index is 1.57. The lowest BCUT2D eigenvalue weighted by Crippen LogP contribution is -2.57. The minimum Gasteiger partial charge on any atom is -0.339 e. The van der Waals surface area contributed by atoms with Crippen LogP contribution in [-0.4, -0.2) is 61.9 Å². The standard InChI is InChI=1S/C20H21N5O2/c1-3-23-11-12-24(14(2)19(23)26)20(27)16-7-5-15(6-8-16)17-13-22-25-10-4-9-21-18(17)25/h4-10,13-14H,3,11-12H2,1-2H3. The molecule has 0 spiro atoms. The number of carbonyl (C=O) groups is 2. The van der Waals surface area contributed by atoms with Crippen LogP contribution in [0.15, 0.2) is 48.9 Å². The number of hydrogen-bond acceptors (Lipinski definition) is 4. The summed E-state index contributed by atoms with van der Waals surface area (Å²) in [6.45, 7) is 5.56. The van der Waals surface area contributed by atoms with Gasteiger partial charge in [-0.15, -0.1) is 0 Å². The molecular weight excluding hydrogens is 342 g/mol. The Kier molecular flexibility index (Phi) is 4.35. The molecule has 1 aromatic carbocycles. The summed E-state index contributed by atoms with van der Waals surface area (Å²) < 4.78 is 1.72. The van der Waals surface area contributed by atoms with Crippen LogP contribution in [-0.2, 0) is 4.79 Å². The Bertz CT molecular complexity index is 995. The number of amides is 2. The minimum absolute atomic E-state index is 0.00569. The first-order chi connectivity index (χ1) is 13.1. The van der Waals surface area contributed by atoms with Crippen molar-refractivity contribution in [2.75, 3.05) is 19.6 Å². The van der Waals surface area contributed by atoms with Crippen molar-refractivity contribution in [3.8, 4) is 11.1 Å². The van der Waals surface area contributed by atoms with E-state index in [0.717, 1.165) is 16.8 Å². The van der Waals surface area contributed by atoms with Gasteiger partial charge in [-0.1, -0.05) is 12.1 Å². The summed E-state index contributed by atoms with van der Waals surface area (Å²) in [7, 11) is 0. The van der Waals surface area contributed by atoms with Crippen molar-refractivity contribution < 1.29 is 9.59 Å². The summed E-state index contributed by atoms with van der Waals surface area (Å²) in [5, 5.41) is 4.30. The van der Waals surface area contributed by atoms with E-state index in [1.54, 1.807) is 45.8 Å². The quantitative estimate of drug-likeness (QED) is 0.714. The van der Waals surface area contributed by atoms with Gasteiger partial charge in [-0.2, -0.15) is 5.10 Å². The summed E-state index contributed by atoms with van der Waals surface area (Å²) >= 11 is 0. The van der Waals surface area contributed by atoms with Crippen LogP contribution in [0.4, 0.5) is 0 Å². The van der Waals surface area contributed by atoms with Gasteiger partial charge in [0.15, 0.2) is 5.65 Å². The van der Waals surface area contributed by atoms with Gasteiger partial charge in [-0.3, -0.25) is 9.59 Å². The second-order valence-electron chi connectivity index (χ2n) is 6.62. The first-order valence-corrected chi connectivity index (χ1v) is 9.08. The molecule has 1 aliphatic heterocycles. The Morgan fingerprint density at radius 3 is 2.74 bits per heavy atom. The molecule has 1 fully saturated rings. The van der Waals surface area contributed by atoms with Crippen LogP contribution in [0.2, 0.25) is 0 Å². The summed E-state index contributed by atoms with van der Waals surface area (Å²) in [6.07, 6.45) is 5.34. The van der Waals surface area contributed by atoms with Crippen molar-refractivity contribution in [3.63, 3.8) is 0 Å². The molecule has 7 heteroatoms. The van der Waals surface area contributed by atoms with Crippen LogP contribution in [0.25, 0.3) is 16.8 Å². The third-order valence-corrected chi connectivity index (χ3v) is 5.11. The van der Waals surface area contributed by atoms with Crippen LogP contribution < -0.4 is 0 Å². The van der Waals surface area contributed by atoms with Crippen LogP contribution in [0.5, 0.6) is 0 Å². The predicted octanol–water partition coefficient (Wildman–Crippen LogP) is 2.09. The molecular formula is C20H21N5O2. The van der Waals surface area contributed by atoms with Crippen molar-refractivity contribution >= 4 is 17.5 Å². The maximum atomic E-state index is 12.9. The molecule has 2 aromatic heterocycles. The van der Waals surface area contributed by atoms with E-state index in [4.69, 9.17) is 0 Å². The lowest BCUT2D eigenvalue weighted by molar-refractivity contribution is -0.139. The number of hydrogen-bond donors (Lipinski definition) is 0. The highest BCUT2D eigenvalue weighted by molar-refractivity contribution is 5.98. The average Bonchev–Trinajstić information content (AvgIpc) is 3.14. The van der Waals surface area contributed by atoms with E-state index in [2.05, 4.69) is 10.1 Å². The van der Waals surface area contributed by atoms with Crippen molar-refractivity contribution in [2.24, 2.45) is 0 Å². The molecule has 3 heterocycles. The van der Waals surface area contributed by atoms with Crippen molar-refractivity contribution in [3.05, 3.63) is 54.5 Å². The Morgan fingerprint density at radius 2 is 2.00 bits per heavy atom. The van der Waals surface area contributed by atoms with Crippen molar-refractivity contribution in [2.45, 2.75) is 19.9 Å². The molecule has 0 aliphatic carbocycles. The number of aromatic nitrogens is 3. The van der Waals surface area contributed by atoms with Gasteiger partial charge in [0.05, 0.1) is 6.20 Å². The third-order valence-electron chi connectivity index (χ3n) is 5.11. The molecule has 27 heavy (non-hydrogen) atoms. The Hall–Kier alpha value is -3.22. The van der Waals surface area contributed by atoms with Crippen LogP contribution >= 0.6 is 0 Å². The monoisotopic (exact) mass is 363 g/mol. The molecule has 4 rings (SSSR count). The highest BCUT2D eigenvalue weighted by Gasteiger charge is 2.33. The molecule has 1 unspecified atom stereocenters. The second kappa shape index (κ2) is 6.83. The number of nitrogens with zero attached hydrogens (tertiary/aromatic N) is 5. The molecule has 2 amide bonds. The SMILES string of the molecule is CCN1CCN(C(=O)c2ccc(-c3cnn4cccnc34)cc2)C(C)C1=O.